The molecule has 0 N–H and O–H groups in total. The predicted octanol–water partition coefficient (Wildman–Crippen LogP) is 9.92. The van der Waals surface area contributed by atoms with Gasteiger partial charge in [0.2, 0.25) is 0 Å². The minimum absolute atomic E-state index is 1.13. The summed E-state index contributed by atoms with van der Waals surface area (Å²) in [6.07, 6.45) is 2.15. The Balaban J connectivity index is 1.29. The zero-order valence-corrected chi connectivity index (χ0v) is 20.9. The number of hydrogen-bond acceptors (Lipinski definition) is 1. The van der Waals surface area contributed by atoms with Crippen molar-refractivity contribution in [2.45, 2.75) is 0 Å². The molecule has 7 aromatic rings. The molecule has 7 rings (SSSR count). The summed E-state index contributed by atoms with van der Waals surface area (Å²) < 4.78 is 2.24. The Morgan fingerprint density at radius 1 is 0.395 bits per heavy atom. The van der Waals surface area contributed by atoms with E-state index >= 15 is 0 Å². The number of para-hydroxylation sites is 2. The monoisotopic (exact) mass is 486 g/mol. The van der Waals surface area contributed by atoms with Crippen molar-refractivity contribution in [1.29, 1.82) is 0 Å². The third kappa shape index (κ3) is 4.03. The van der Waals surface area contributed by atoms with E-state index < -0.39 is 0 Å². The average Bonchev–Trinajstić information content (AvgIpc) is 3.42. The Morgan fingerprint density at radius 3 is 1.82 bits per heavy atom. The van der Waals surface area contributed by atoms with Gasteiger partial charge in [0.25, 0.3) is 0 Å². The summed E-state index contributed by atoms with van der Waals surface area (Å²) in [5.74, 6) is 0. The Hall–Kier alpha value is -5.08. The molecule has 0 amide bonds. The Morgan fingerprint density at radius 2 is 1.03 bits per heavy atom. The van der Waals surface area contributed by atoms with Gasteiger partial charge in [-0.25, -0.2) is 0 Å². The van der Waals surface area contributed by atoms with Gasteiger partial charge in [0.15, 0.2) is 0 Å². The molecule has 0 fully saturated rings. The van der Waals surface area contributed by atoms with E-state index in [1.165, 1.54) is 38.5 Å². The van der Waals surface area contributed by atoms with Crippen molar-refractivity contribution in [3.63, 3.8) is 0 Å². The molecule has 0 aliphatic heterocycles. The van der Waals surface area contributed by atoms with Crippen LogP contribution in [0.4, 0.5) is 17.1 Å². The fraction of sp³-hybridized carbons (Fsp3) is 0. The second-order valence-electron chi connectivity index (χ2n) is 9.54. The van der Waals surface area contributed by atoms with E-state index in [2.05, 4.69) is 167 Å². The van der Waals surface area contributed by atoms with E-state index in [0.717, 1.165) is 17.1 Å². The lowest BCUT2D eigenvalue weighted by atomic mass is 10.0. The molecule has 2 nitrogen and oxygen atoms in total. The summed E-state index contributed by atoms with van der Waals surface area (Å²) in [7, 11) is 0. The van der Waals surface area contributed by atoms with Gasteiger partial charge in [0.1, 0.15) is 0 Å². The van der Waals surface area contributed by atoms with Crippen molar-refractivity contribution in [2.75, 3.05) is 4.90 Å². The molecule has 6 aromatic carbocycles. The van der Waals surface area contributed by atoms with Crippen LogP contribution < -0.4 is 4.90 Å². The van der Waals surface area contributed by atoms with E-state index in [9.17, 15) is 0 Å². The van der Waals surface area contributed by atoms with Gasteiger partial charge in [-0.05, 0) is 88.6 Å². The first-order chi connectivity index (χ1) is 18.8. The molecule has 0 spiro atoms. The Labute approximate surface area is 222 Å². The van der Waals surface area contributed by atoms with Crippen LogP contribution in [0.1, 0.15) is 0 Å². The third-order valence-corrected chi connectivity index (χ3v) is 7.19. The first kappa shape index (κ1) is 22.1. The number of rotatable bonds is 5. The smallest absolute Gasteiger partial charge is 0.0529 e. The SMILES string of the molecule is c1ccc(N(c2ccc(-c3ccc4ccccc4c3)cc2)c2ccc3c(ccn3-c3ccccc3)c2)cc1. The van der Waals surface area contributed by atoms with Crippen LogP contribution in [0.5, 0.6) is 0 Å². The number of benzene rings is 6. The summed E-state index contributed by atoms with van der Waals surface area (Å²) in [4.78, 5) is 2.32. The summed E-state index contributed by atoms with van der Waals surface area (Å²) in [6, 6.07) is 54.0. The summed E-state index contributed by atoms with van der Waals surface area (Å²) >= 11 is 0. The molecule has 0 aliphatic carbocycles. The fourth-order valence-corrected chi connectivity index (χ4v) is 5.28. The molecular formula is C36H26N2. The molecular weight excluding hydrogens is 460 g/mol. The van der Waals surface area contributed by atoms with Crippen LogP contribution in [0.3, 0.4) is 0 Å². The van der Waals surface area contributed by atoms with Crippen LogP contribution in [0.25, 0.3) is 38.5 Å². The molecule has 0 saturated carbocycles. The van der Waals surface area contributed by atoms with E-state index in [0.29, 0.717) is 0 Å². The molecule has 38 heavy (non-hydrogen) atoms. The largest absolute Gasteiger partial charge is 0.317 e. The van der Waals surface area contributed by atoms with E-state index in [1.807, 2.05) is 0 Å². The standard InChI is InChI=1S/C36H26N2/c1-3-11-32(12-4-1)37-24-23-31-26-35(21-22-36(31)37)38(33-13-5-2-6-14-33)34-19-17-28(18-20-34)30-16-15-27-9-7-8-10-29(27)25-30/h1-26H. The average molecular weight is 487 g/mol. The zero-order chi connectivity index (χ0) is 25.3. The van der Waals surface area contributed by atoms with E-state index in [1.54, 1.807) is 0 Å². The molecule has 0 saturated heterocycles. The number of hydrogen-bond donors (Lipinski definition) is 0. The van der Waals surface area contributed by atoms with Crippen LogP contribution in [0, 0.1) is 0 Å². The first-order valence-corrected chi connectivity index (χ1v) is 12.9. The van der Waals surface area contributed by atoms with Crippen molar-refractivity contribution in [3.05, 3.63) is 158 Å². The lowest BCUT2D eigenvalue weighted by molar-refractivity contribution is 1.13. The maximum Gasteiger partial charge on any atom is 0.0529 e. The molecule has 180 valence electrons. The topological polar surface area (TPSA) is 8.17 Å². The van der Waals surface area contributed by atoms with Crippen LogP contribution in [0.2, 0.25) is 0 Å². The Kier molecular flexibility index (Phi) is 5.49. The van der Waals surface area contributed by atoms with Crippen LogP contribution in [0.15, 0.2) is 158 Å². The highest BCUT2D eigenvalue weighted by molar-refractivity contribution is 5.90. The second-order valence-corrected chi connectivity index (χ2v) is 9.54. The molecule has 1 heterocycles. The van der Waals surface area contributed by atoms with Crippen molar-refractivity contribution >= 4 is 38.7 Å². The predicted molar refractivity (Wildman–Crippen MR) is 161 cm³/mol. The van der Waals surface area contributed by atoms with Crippen molar-refractivity contribution < 1.29 is 0 Å². The molecule has 1 aromatic heterocycles. The number of nitrogens with zero attached hydrogens (tertiary/aromatic N) is 2. The van der Waals surface area contributed by atoms with Crippen LogP contribution in [-0.4, -0.2) is 4.57 Å². The Bertz CT molecular complexity index is 1850. The summed E-state index contributed by atoms with van der Waals surface area (Å²) in [6.45, 7) is 0. The fourth-order valence-electron chi connectivity index (χ4n) is 5.28. The van der Waals surface area contributed by atoms with Gasteiger partial charge < -0.3 is 9.47 Å². The lowest BCUT2D eigenvalue weighted by Crippen LogP contribution is -2.09. The summed E-state index contributed by atoms with van der Waals surface area (Å²) in [5.41, 5.74) is 8.19. The van der Waals surface area contributed by atoms with Crippen LogP contribution in [-0.2, 0) is 0 Å². The lowest BCUT2D eigenvalue weighted by Gasteiger charge is -2.26. The minimum atomic E-state index is 1.13. The number of anilines is 3. The van der Waals surface area contributed by atoms with Crippen molar-refractivity contribution in [2.24, 2.45) is 0 Å². The number of aromatic nitrogens is 1. The minimum Gasteiger partial charge on any atom is -0.317 e. The van der Waals surface area contributed by atoms with Crippen LogP contribution >= 0.6 is 0 Å². The van der Waals surface area contributed by atoms with Gasteiger partial charge in [0, 0.05) is 34.3 Å². The highest BCUT2D eigenvalue weighted by atomic mass is 15.1. The summed E-state index contributed by atoms with van der Waals surface area (Å²) in [5, 5.41) is 3.73. The van der Waals surface area contributed by atoms with Gasteiger partial charge in [-0.1, -0.05) is 84.9 Å². The molecule has 0 atom stereocenters. The van der Waals surface area contributed by atoms with Gasteiger partial charge in [-0.3, -0.25) is 0 Å². The molecule has 0 unspecified atom stereocenters. The molecule has 0 bridgehead atoms. The highest BCUT2D eigenvalue weighted by Gasteiger charge is 2.14. The maximum absolute atomic E-state index is 2.32. The van der Waals surface area contributed by atoms with Crippen molar-refractivity contribution in [1.82, 2.24) is 4.57 Å². The van der Waals surface area contributed by atoms with E-state index in [-0.39, 0.29) is 0 Å². The van der Waals surface area contributed by atoms with E-state index in [4.69, 9.17) is 0 Å². The zero-order valence-electron chi connectivity index (χ0n) is 20.9. The number of fused-ring (bicyclic) bond motifs is 2. The van der Waals surface area contributed by atoms with Crippen molar-refractivity contribution in [3.8, 4) is 16.8 Å². The second kappa shape index (κ2) is 9.42. The first-order valence-electron chi connectivity index (χ1n) is 12.9. The molecule has 0 radical (unpaired) electrons. The normalized spacial score (nSPS) is 11.2. The third-order valence-electron chi connectivity index (χ3n) is 7.19. The highest BCUT2D eigenvalue weighted by Crippen LogP contribution is 2.37. The van der Waals surface area contributed by atoms with Gasteiger partial charge in [0.05, 0.1) is 5.52 Å². The van der Waals surface area contributed by atoms with Gasteiger partial charge in [-0.2, -0.15) is 0 Å². The van der Waals surface area contributed by atoms with Gasteiger partial charge >= 0.3 is 0 Å². The maximum atomic E-state index is 2.32. The molecule has 0 aliphatic rings. The molecule has 2 heteroatoms. The van der Waals surface area contributed by atoms with Gasteiger partial charge in [-0.15, -0.1) is 0 Å². The quantitative estimate of drug-likeness (QED) is 0.235.